The molecule has 29 heavy (non-hydrogen) atoms. The van der Waals surface area contributed by atoms with Gasteiger partial charge in [0.05, 0.1) is 5.56 Å². The first-order valence-electron chi connectivity index (χ1n) is 8.86. The Morgan fingerprint density at radius 3 is 2.59 bits per heavy atom. The second-order valence-electron chi connectivity index (χ2n) is 6.73. The summed E-state index contributed by atoms with van der Waals surface area (Å²) in [6.07, 6.45) is -3.17. The molecule has 1 aliphatic rings. The number of hydrogen-bond acceptors (Lipinski definition) is 5. The van der Waals surface area contributed by atoms with Gasteiger partial charge in [-0.2, -0.15) is 13.2 Å². The van der Waals surface area contributed by atoms with E-state index in [1.54, 1.807) is 18.3 Å². The van der Waals surface area contributed by atoms with Gasteiger partial charge in [0.25, 0.3) is 0 Å². The molecule has 1 fully saturated rings. The van der Waals surface area contributed by atoms with Crippen molar-refractivity contribution in [3.8, 4) is 11.3 Å². The molecule has 0 saturated carbocycles. The zero-order chi connectivity index (χ0) is 20.6. The maximum absolute atomic E-state index is 12.8. The number of benzene rings is 1. The lowest BCUT2D eigenvalue weighted by Crippen LogP contribution is -2.30. The van der Waals surface area contributed by atoms with Crippen molar-refractivity contribution in [3.05, 3.63) is 48.2 Å². The largest absolute Gasteiger partial charge is 0.465 e. The number of aromatic nitrogens is 3. The van der Waals surface area contributed by atoms with Gasteiger partial charge in [0, 0.05) is 36.3 Å². The van der Waals surface area contributed by atoms with Crippen molar-refractivity contribution in [3.63, 3.8) is 0 Å². The van der Waals surface area contributed by atoms with E-state index in [-0.39, 0.29) is 6.04 Å². The van der Waals surface area contributed by atoms with Crippen LogP contribution in [0.2, 0.25) is 0 Å². The summed E-state index contributed by atoms with van der Waals surface area (Å²) in [6, 6.07) is 8.08. The number of hydrogen-bond donors (Lipinski definition) is 2. The Hall–Kier alpha value is -3.43. The average Bonchev–Trinajstić information content (AvgIpc) is 3.17. The van der Waals surface area contributed by atoms with Gasteiger partial charge in [-0.05, 0) is 30.7 Å². The molecule has 1 amide bonds. The van der Waals surface area contributed by atoms with Crippen molar-refractivity contribution >= 4 is 22.8 Å². The number of rotatable bonds is 3. The van der Waals surface area contributed by atoms with Gasteiger partial charge in [-0.3, -0.25) is 4.98 Å². The van der Waals surface area contributed by atoms with Crippen molar-refractivity contribution in [1.29, 1.82) is 0 Å². The highest BCUT2D eigenvalue weighted by atomic mass is 19.4. The van der Waals surface area contributed by atoms with Gasteiger partial charge < -0.3 is 15.3 Å². The molecule has 1 saturated heterocycles. The van der Waals surface area contributed by atoms with Gasteiger partial charge in [-0.25, -0.2) is 4.79 Å². The van der Waals surface area contributed by atoms with E-state index in [1.165, 1.54) is 17.0 Å². The minimum Gasteiger partial charge on any atom is -0.465 e. The molecule has 1 unspecified atom stereocenters. The fraction of sp³-hybridized carbons (Fsp3) is 0.263. The number of amides is 1. The monoisotopic (exact) mass is 403 g/mol. The Kier molecular flexibility index (Phi) is 4.69. The van der Waals surface area contributed by atoms with E-state index in [0.29, 0.717) is 47.5 Å². The number of fused-ring (bicyclic) bond motifs is 1. The van der Waals surface area contributed by atoms with Crippen molar-refractivity contribution in [2.75, 3.05) is 18.4 Å². The fourth-order valence-electron chi connectivity index (χ4n) is 3.35. The van der Waals surface area contributed by atoms with Crippen LogP contribution >= 0.6 is 0 Å². The predicted molar refractivity (Wildman–Crippen MR) is 99.4 cm³/mol. The van der Waals surface area contributed by atoms with E-state index in [9.17, 15) is 18.0 Å². The normalized spacial score (nSPS) is 16.9. The molecule has 0 spiro atoms. The Labute approximate surface area is 163 Å². The second kappa shape index (κ2) is 7.19. The molecule has 3 heterocycles. The zero-order valence-corrected chi connectivity index (χ0v) is 15.0. The average molecular weight is 403 g/mol. The number of carboxylic acid groups (broad SMARTS) is 1. The highest BCUT2D eigenvalue weighted by Crippen LogP contribution is 2.33. The first kappa shape index (κ1) is 18.9. The number of anilines is 1. The van der Waals surface area contributed by atoms with E-state index in [4.69, 9.17) is 5.11 Å². The molecule has 7 nitrogen and oxygen atoms in total. The maximum atomic E-state index is 12.8. The molecule has 1 aliphatic heterocycles. The first-order chi connectivity index (χ1) is 13.8. The third-order valence-corrected chi connectivity index (χ3v) is 4.82. The van der Waals surface area contributed by atoms with Crippen molar-refractivity contribution in [2.24, 2.45) is 0 Å². The SMILES string of the molecule is O=C(O)N1CCC(Nc2nnc(-c3ccc(C(F)(F)F)cc3)c3ncccc23)C1. The third-order valence-electron chi connectivity index (χ3n) is 4.82. The maximum Gasteiger partial charge on any atom is 0.416 e. The van der Waals surface area contributed by atoms with Crippen LogP contribution in [0.1, 0.15) is 12.0 Å². The summed E-state index contributed by atoms with van der Waals surface area (Å²) in [7, 11) is 0. The Bertz CT molecular complexity index is 1060. The van der Waals surface area contributed by atoms with Gasteiger partial charge in [-0.15, -0.1) is 10.2 Å². The lowest BCUT2D eigenvalue weighted by Gasteiger charge is -2.16. The number of likely N-dealkylation sites (tertiary alicyclic amines) is 1. The highest BCUT2D eigenvalue weighted by Gasteiger charge is 2.30. The summed E-state index contributed by atoms with van der Waals surface area (Å²) in [5.74, 6) is 0.459. The molecule has 150 valence electrons. The fourth-order valence-corrected chi connectivity index (χ4v) is 3.35. The molecule has 0 aliphatic carbocycles. The van der Waals surface area contributed by atoms with Gasteiger partial charge >= 0.3 is 12.3 Å². The van der Waals surface area contributed by atoms with Crippen LogP contribution in [-0.4, -0.2) is 50.4 Å². The summed E-state index contributed by atoms with van der Waals surface area (Å²) < 4.78 is 38.4. The quantitative estimate of drug-likeness (QED) is 0.690. The molecule has 3 aromatic rings. The number of pyridine rings is 1. The standard InChI is InChI=1S/C19H16F3N5O2/c20-19(21,22)12-5-3-11(4-6-12)15-16-14(2-1-8-23-16)17(26-25-15)24-13-7-9-27(10-13)18(28)29/h1-6,8,13H,7,9-10H2,(H,24,26)(H,28,29). The first-order valence-corrected chi connectivity index (χ1v) is 8.86. The van der Waals surface area contributed by atoms with Crippen LogP contribution in [0.25, 0.3) is 22.2 Å². The molecule has 0 radical (unpaired) electrons. The number of halogens is 3. The van der Waals surface area contributed by atoms with E-state index in [2.05, 4.69) is 20.5 Å². The molecule has 2 aromatic heterocycles. The topological polar surface area (TPSA) is 91.2 Å². The van der Waals surface area contributed by atoms with Gasteiger partial charge in [-0.1, -0.05) is 12.1 Å². The molecular weight excluding hydrogens is 387 g/mol. The molecule has 1 atom stereocenters. The van der Waals surface area contributed by atoms with Crippen molar-refractivity contribution < 1.29 is 23.1 Å². The van der Waals surface area contributed by atoms with E-state index < -0.39 is 17.8 Å². The van der Waals surface area contributed by atoms with E-state index in [1.807, 2.05) is 0 Å². The van der Waals surface area contributed by atoms with Crippen LogP contribution in [0.3, 0.4) is 0 Å². The molecule has 1 aromatic carbocycles. The minimum atomic E-state index is -4.41. The zero-order valence-electron chi connectivity index (χ0n) is 15.0. The summed E-state index contributed by atoms with van der Waals surface area (Å²) in [5.41, 5.74) is 0.601. The van der Waals surface area contributed by atoms with E-state index in [0.717, 1.165) is 12.1 Å². The molecule has 4 rings (SSSR count). The van der Waals surface area contributed by atoms with Crippen molar-refractivity contribution in [1.82, 2.24) is 20.1 Å². The summed E-state index contributed by atoms with van der Waals surface area (Å²) in [5, 5.41) is 21.3. The summed E-state index contributed by atoms with van der Waals surface area (Å²) in [6.45, 7) is 0.764. The lowest BCUT2D eigenvalue weighted by atomic mass is 10.1. The highest BCUT2D eigenvalue weighted by molar-refractivity contribution is 5.97. The Morgan fingerprint density at radius 2 is 1.93 bits per heavy atom. The summed E-state index contributed by atoms with van der Waals surface area (Å²) >= 11 is 0. The molecule has 2 N–H and O–H groups in total. The number of alkyl halides is 3. The van der Waals surface area contributed by atoms with Crippen LogP contribution in [0.5, 0.6) is 0 Å². The lowest BCUT2D eigenvalue weighted by molar-refractivity contribution is -0.137. The smallest absolute Gasteiger partial charge is 0.416 e. The number of carbonyl (C=O) groups is 1. The van der Waals surface area contributed by atoms with Crippen LogP contribution in [0.4, 0.5) is 23.8 Å². The van der Waals surface area contributed by atoms with Crippen LogP contribution in [0.15, 0.2) is 42.6 Å². The van der Waals surface area contributed by atoms with Crippen molar-refractivity contribution in [2.45, 2.75) is 18.6 Å². The van der Waals surface area contributed by atoms with Crippen LogP contribution in [0, 0.1) is 0 Å². The summed E-state index contributed by atoms with van der Waals surface area (Å²) in [4.78, 5) is 16.7. The van der Waals surface area contributed by atoms with E-state index >= 15 is 0 Å². The Morgan fingerprint density at radius 1 is 1.17 bits per heavy atom. The number of nitrogens with one attached hydrogen (secondary N) is 1. The third kappa shape index (κ3) is 3.78. The Balaban J connectivity index is 1.66. The van der Waals surface area contributed by atoms with Gasteiger partial charge in [0.2, 0.25) is 0 Å². The second-order valence-corrected chi connectivity index (χ2v) is 6.73. The number of nitrogens with zero attached hydrogens (tertiary/aromatic N) is 4. The van der Waals surface area contributed by atoms with Gasteiger partial charge in [0.1, 0.15) is 11.2 Å². The van der Waals surface area contributed by atoms with Gasteiger partial charge in [0.15, 0.2) is 5.82 Å². The van der Waals surface area contributed by atoms with Crippen LogP contribution < -0.4 is 5.32 Å². The molecule has 0 bridgehead atoms. The molecule has 10 heteroatoms. The predicted octanol–water partition coefficient (Wildman–Crippen LogP) is 3.87. The molecular formula is C19H16F3N5O2. The van der Waals surface area contributed by atoms with Crippen LogP contribution in [-0.2, 0) is 6.18 Å². The minimum absolute atomic E-state index is 0.110.